The fourth-order valence-corrected chi connectivity index (χ4v) is 7.24. The minimum absolute atomic E-state index is 0.0404. The largest absolute Gasteiger partial charge is 0.472 e. The van der Waals surface area contributed by atoms with Gasteiger partial charge in [-0.05, 0) is 77.0 Å². The van der Waals surface area contributed by atoms with E-state index in [1.54, 1.807) is 0 Å². The van der Waals surface area contributed by atoms with Crippen molar-refractivity contribution >= 4 is 19.8 Å². The molecule has 1 aliphatic carbocycles. The Labute approximate surface area is 353 Å². The standard InChI is InChI=1S/C45H77O13P/c1-3-5-7-9-11-13-15-17-19-21-23-25-27-29-31-33-38(46)55-35-37(36-56-59(53,54)58-45-43(51)41(49)40(48)42(50)44(45)52)57-39(47)34-32-30-28-26-24-22-20-18-16-14-12-10-8-6-4-2/h6,8,12,14,17-20,24,26,37,40-45,48-52H,3-5,7,9-11,13,15-16,21-23,25,27-36H2,1-2H3,(H,53,54)/b8-6-,14-12-,19-17-,20-18-,26-24-/t37-,40?,41-,42?,43?,44?,45?/m1/s1. The third-order valence-corrected chi connectivity index (χ3v) is 10.8. The number of allylic oxidation sites excluding steroid dienone is 10. The number of aliphatic hydroxyl groups excluding tert-OH is 5. The number of phosphoric acid groups is 1. The van der Waals surface area contributed by atoms with Gasteiger partial charge in [0, 0.05) is 12.8 Å². The summed E-state index contributed by atoms with van der Waals surface area (Å²) < 4.78 is 33.4. The third kappa shape index (κ3) is 27.9. The van der Waals surface area contributed by atoms with Gasteiger partial charge in [-0.25, -0.2) is 4.57 Å². The third-order valence-electron chi connectivity index (χ3n) is 9.84. The van der Waals surface area contributed by atoms with Gasteiger partial charge >= 0.3 is 19.8 Å². The summed E-state index contributed by atoms with van der Waals surface area (Å²) >= 11 is 0. The second-order valence-corrected chi connectivity index (χ2v) is 16.6. The summed E-state index contributed by atoms with van der Waals surface area (Å²) in [4.78, 5) is 35.6. The lowest BCUT2D eigenvalue weighted by Gasteiger charge is -2.41. The molecule has 0 aliphatic heterocycles. The van der Waals surface area contributed by atoms with Crippen molar-refractivity contribution < 1.29 is 63.1 Å². The molecule has 0 aromatic heterocycles. The average molecular weight is 857 g/mol. The van der Waals surface area contributed by atoms with Crippen LogP contribution in [0.3, 0.4) is 0 Å². The number of phosphoric ester groups is 1. The van der Waals surface area contributed by atoms with Crippen LogP contribution in [-0.2, 0) is 32.7 Å². The molecule has 59 heavy (non-hydrogen) atoms. The first-order valence-electron chi connectivity index (χ1n) is 22.1. The molecule has 1 rings (SSSR count). The predicted octanol–water partition coefficient (Wildman–Crippen LogP) is 8.16. The van der Waals surface area contributed by atoms with Gasteiger partial charge in [0.05, 0.1) is 6.61 Å². The van der Waals surface area contributed by atoms with Gasteiger partial charge in [0.15, 0.2) is 6.10 Å². The Morgan fingerprint density at radius 2 is 0.966 bits per heavy atom. The van der Waals surface area contributed by atoms with Gasteiger partial charge in [0.25, 0.3) is 0 Å². The molecule has 1 saturated carbocycles. The van der Waals surface area contributed by atoms with Gasteiger partial charge in [-0.15, -0.1) is 0 Å². The predicted molar refractivity (Wildman–Crippen MR) is 230 cm³/mol. The van der Waals surface area contributed by atoms with Gasteiger partial charge in [-0.3, -0.25) is 18.6 Å². The molecule has 13 nitrogen and oxygen atoms in total. The van der Waals surface area contributed by atoms with E-state index in [9.17, 15) is 44.6 Å². The Morgan fingerprint density at radius 3 is 1.53 bits per heavy atom. The summed E-state index contributed by atoms with van der Waals surface area (Å²) in [5, 5.41) is 50.1. The lowest BCUT2D eigenvalue weighted by molar-refractivity contribution is -0.220. The maximum absolute atomic E-state index is 12.8. The first-order chi connectivity index (χ1) is 28.4. The normalized spacial score (nSPS) is 22.9. The summed E-state index contributed by atoms with van der Waals surface area (Å²) in [5.41, 5.74) is 0. The highest BCUT2D eigenvalue weighted by Gasteiger charge is 2.51. The van der Waals surface area contributed by atoms with Crippen molar-refractivity contribution in [2.45, 2.75) is 198 Å². The zero-order valence-electron chi connectivity index (χ0n) is 35.8. The first kappa shape index (κ1) is 54.6. The molecule has 14 heteroatoms. The molecular formula is C45H77O13P. The number of unbranched alkanes of at least 4 members (excludes halogenated alkanes) is 13. The monoisotopic (exact) mass is 857 g/mol. The Kier molecular flexibility index (Phi) is 32.5. The number of hydrogen-bond donors (Lipinski definition) is 6. The van der Waals surface area contributed by atoms with Crippen molar-refractivity contribution in [1.29, 1.82) is 0 Å². The quantitative estimate of drug-likeness (QED) is 0.0154. The molecule has 6 N–H and O–H groups in total. The molecule has 0 radical (unpaired) electrons. The van der Waals surface area contributed by atoms with Crippen LogP contribution in [0.5, 0.6) is 0 Å². The second-order valence-electron chi connectivity index (χ2n) is 15.2. The maximum Gasteiger partial charge on any atom is 0.472 e. The maximum atomic E-state index is 12.8. The Morgan fingerprint density at radius 1 is 0.542 bits per heavy atom. The number of carbonyl (C=O) groups is 2. The van der Waals surface area contributed by atoms with Crippen LogP contribution in [-0.4, -0.2) is 98.3 Å². The topological polar surface area (TPSA) is 210 Å². The molecular weight excluding hydrogens is 779 g/mol. The van der Waals surface area contributed by atoms with Gasteiger partial charge in [-0.1, -0.05) is 126 Å². The van der Waals surface area contributed by atoms with E-state index in [0.717, 1.165) is 70.6 Å². The number of ether oxygens (including phenoxy) is 2. The lowest BCUT2D eigenvalue weighted by atomic mass is 9.85. The smallest absolute Gasteiger partial charge is 0.462 e. The molecule has 1 fully saturated rings. The van der Waals surface area contributed by atoms with Crippen LogP contribution in [0.4, 0.5) is 0 Å². The minimum Gasteiger partial charge on any atom is -0.462 e. The zero-order chi connectivity index (χ0) is 43.6. The van der Waals surface area contributed by atoms with E-state index >= 15 is 0 Å². The molecule has 6 unspecified atom stereocenters. The summed E-state index contributed by atoms with van der Waals surface area (Å²) in [6.07, 6.45) is 28.5. The van der Waals surface area contributed by atoms with E-state index in [-0.39, 0.29) is 12.8 Å². The van der Waals surface area contributed by atoms with Crippen LogP contribution < -0.4 is 0 Å². The number of esters is 2. The van der Waals surface area contributed by atoms with Crippen LogP contribution >= 0.6 is 7.82 Å². The van der Waals surface area contributed by atoms with E-state index in [4.69, 9.17) is 18.5 Å². The summed E-state index contributed by atoms with van der Waals surface area (Å²) in [5.74, 6) is -1.16. The van der Waals surface area contributed by atoms with E-state index in [0.29, 0.717) is 19.3 Å². The van der Waals surface area contributed by atoms with Crippen LogP contribution in [0.15, 0.2) is 60.8 Å². The van der Waals surface area contributed by atoms with E-state index in [1.165, 1.54) is 38.5 Å². The van der Waals surface area contributed by atoms with Crippen LogP contribution in [0.25, 0.3) is 0 Å². The van der Waals surface area contributed by atoms with Crippen LogP contribution in [0.2, 0.25) is 0 Å². The minimum atomic E-state index is -5.13. The highest BCUT2D eigenvalue weighted by atomic mass is 31.2. The van der Waals surface area contributed by atoms with Gasteiger partial charge in [0.2, 0.25) is 0 Å². The van der Waals surface area contributed by atoms with Crippen LogP contribution in [0.1, 0.15) is 155 Å². The highest BCUT2D eigenvalue weighted by Crippen LogP contribution is 2.47. The molecule has 0 aromatic rings. The Hall–Kier alpha value is -2.45. The van der Waals surface area contributed by atoms with Gasteiger partial charge in [0.1, 0.15) is 43.2 Å². The molecule has 0 aromatic carbocycles. The van der Waals surface area contributed by atoms with Crippen molar-refractivity contribution in [3.05, 3.63) is 60.8 Å². The first-order valence-corrected chi connectivity index (χ1v) is 23.6. The number of aliphatic hydroxyl groups is 5. The summed E-state index contributed by atoms with van der Waals surface area (Å²) in [7, 11) is -5.13. The van der Waals surface area contributed by atoms with E-state index < -0.39 is 75.7 Å². The van der Waals surface area contributed by atoms with E-state index in [1.807, 2.05) is 6.08 Å². The molecule has 0 heterocycles. The highest BCUT2D eigenvalue weighted by molar-refractivity contribution is 7.47. The van der Waals surface area contributed by atoms with Crippen molar-refractivity contribution in [3.8, 4) is 0 Å². The van der Waals surface area contributed by atoms with Crippen molar-refractivity contribution in [1.82, 2.24) is 0 Å². The summed E-state index contributed by atoms with van der Waals surface area (Å²) in [6.45, 7) is 3.12. The number of rotatable bonds is 35. The summed E-state index contributed by atoms with van der Waals surface area (Å²) in [6, 6.07) is 0. The molecule has 0 amide bonds. The molecule has 8 atom stereocenters. The second kappa shape index (κ2) is 35.2. The van der Waals surface area contributed by atoms with Crippen molar-refractivity contribution in [2.75, 3.05) is 13.2 Å². The molecule has 340 valence electrons. The fourth-order valence-electron chi connectivity index (χ4n) is 6.27. The molecule has 0 bridgehead atoms. The average Bonchev–Trinajstić information content (AvgIpc) is 3.21. The van der Waals surface area contributed by atoms with E-state index in [2.05, 4.69) is 68.5 Å². The van der Waals surface area contributed by atoms with Crippen molar-refractivity contribution in [3.63, 3.8) is 0 Å². The lowest BCUT2D eigenvalue weighted by Crippen LogP contribution is -2.64. The Balaban J connectivity index is 2.53. The number of carbonyl (C=O) groups excluding carboxylic acids is 2. The molecule has 0 saturated heterocycles. The fraction of sp³-hybridized carbons (Fsp3) is 0.733. The molecule has 0 spiro atoms. The van der Waals surface area contributed by atoms with Gasteiger partial charge < -0.3 is 39.9 Å². The zero-order valence-corrected chi connectivity index (χ0v) is 36.7. The number of hydrogen-bond acceptors (Lipinski definition) is 12. The van der Waals surface area contributed by atoms with Crippen molar-refractivity contribution in [2.24, 2.45) is 0 Å². The Bertz CT molecular complexity index is 1270. The SMILES string of the molecule is CC/C=C\C/C=C\C/C=C\C/C=C\CCCCC(=O)O[C@H](COC(=O)CCCCCCC/C=C\CCCCCCCC)COP(=O)(O)OC1C(O)C(O)C(O)[C@@H](O)C1O. The molecule has 1 aliphatic rings. The van der Waals surface area contributed by atoms with Crippen LogP contribution in [0, 0.1) is 0 Å². The van der Waals surface area contributed by atoms with Gasteiger partial charge in [-0.2, -0.15) is 0 Å².